The average molecular weight is 318 g/mol. The van der Waals surface area contributed by atoms with E-state index in [1.54, 1.807) is 19.1 Å². The van der Waals surface area contributed by atoms with Crippen LogP contribution < -0.4 is 5.32 Å². The summed E-state index contributed by atoms with van der Waals surface area (Å²) in [5.41, 5.74) is -1.31. The smallest absolute Gasteiger partial charge is 0.410 e. The Morgan fingerprint density at radius 1 is 1.27 bits per heavy atom. The highest BCUT2D eigenvalue weighted by atomic mass is 16.7. The summed E-state index contributed by atoms with van der Waals surface area (Å²) in [5, 5.41) is 13.7. The molecule has 0 aromatic rings. The molecule has 0 unspecified atom stereocenters. The fourth-order valence-corrected chi connectivity index (χ4v) is 2.29. The maximum absolute atomic E-state index is 12.0. The number of rotatable bonds is 6. The van der Waals surface area contributed by atoms with Gasteiger partial charge in [-0.3, -0.25) is 0 Å². The summed E-state index contributed by atoms with van der Waals surface area (Å²) in [6.45, 7) is 7.46. The molecule has 1 aliphatic rings. The molecule has 130 valence electrons. The zero-order valence-corrected chi connectivity index (χ0v) is 14.3. The predicted molar refractivity (Wildman–Crippen MR) is 82.7 cm³/mol. The third-order valence-electron chi connectivity index (χ3n) is 3.64. The van der Waals surface area contributed by atoms with E-state index in [0.29, 0.717) is 39.0 Å². The number of hydrogen-bond donors (Lipinski definition) is 2. The topological polar surface area (TPSA) is 80.3 Å². The number of methoxy groups -OCH3 is 2. The number of hydrogen-bond acceptors (Lipinski definition) is 6. The first-order chi connectivity index (χ1) is 10.2. The van der Waals surface area contributed by atoms with Crippen LogP contribution in [0.1, 0.15) is 33.6 Å². The Bertz CT molecular complexity index is 344. The Morgan fingerprint density at radius 2 is 1.82 bits per heavy atom. The normalized spacial score (nSPS) is 18.6. The van der Waals surface area contributed by atoms with Gasteiger partial charge in [-0.1, -0.05) is 0 Å². The molecule has 1 saturated heterocycles. The van der Waals surface area contributed by atoms with Crippen molar-refractivity contribution in [1.82, 2.24) is 10.2 Å². The minimum atomic E-state index is -0.815. The van der Waals surface area contributed by atoms with Crippen LogP contribution in [0.2, 0.25) is 0 Å². The van der Waals surface area contributed by atoms with Gasteiger partial charge in [0, 0.05) is 40.4 Å². The molecule has 1 amide bonds. The van der Waals surface area contributed by atoms with Crippen molar-refractivity contribution in [3.8, 4) is 0 Å². The van der Waals surface area contributed by atoms with Gasteiger partial charge >= 0.3 is 6.09 Å². The Balaban J connectivity index is 2.35. The molecule has 1 heterocycles. The van der Waals surface area contributed by atoms with Crippen LogP contribution in [0.4, 0.5) is 4.79 Å². The molecule has 0 radical (unpaired) electrons. The van der Waals surface area contributed by atoms with Crippen LogP contribution >= 0.6 is 0 Å². The van der Waals surface area contributed by atoms with Crippen LogP contribution in [0.25, 0.3) is 0 Å². The predicted octanol–water partition coefficient (Wildman–Crippen LogP) is 0.957. The number of carbonyl (C=O) groups excluding carboxylic acids is 1. The zero-order chi connectivity index (χ0) is 16.8. The summed E-state index contributed by atoms with van der Waals surface area (Å²) in [5.74, 6) is 0. The van der Waals surface area contributed by atoms with Gasteiger partial charge in [-0.05, 0) is 33.6 Å². The number of likely N-dealkylation sites (tertiary alicyclic amines) is 1. The molecular formula is C15H30N2O5. The van der Waals surface area contributed by atoms with Crippen molar-refractivity contribution in [3.63, 3.8) is 0 Å². The molecule has 1 fully saturated rings. The van der Waals surface area contributed by atoms with E-state index in [2.05, 4.69) is 5.32 Å². The summed E-state index contributed by atoms with van der Waals surface area (Å²) >= 11 is 0. The first-order valence-electron chi connectivity index (χ1n) is 7.66. The number of aliphatic hydroxyl groups is 1. The van der Waals surface area contributed by atoms with Crippen molar-refractivity contribution in [2.24, 2.45) is 0 Å². The Morgan fingerprint density at radius 3 is 2.27 bits per heavy atom. The summed E-state index contributed by atoms with van der Waals surface area (Å²) in [4.78, 5) is 13.6. The van der Waals surface area contributed by atoms with E-state index < -0.39 is 11.2 Å². The fourth-order valence-electron chi connectivity index (χ4n) is 2.29. The van der Waals surface area contributed by atoms with Crippen molar-refractivity contribution in [2.45, 2.75) is 51.1 Å². The monoisotopic (exact) mass is 318 g/mol. The van der Waals surface area contributed by atoms with Crippen LogP contribution in [0.15, 0.2) is 0 Å². The van der Waals surface area contributed by atoms with Gasteiger partial charge in [-0.15, -0.1) is 0 Å². The van der Waals surface area contributed by atoms with Crippen molar-refractivity contribution in [1.29, 1.82) is 0 Å². The fraction of sp³-hybridized carbons (Fsp3) is 0.933. The molecule has 0 spiro atoms. The van der Waals surface area contributed by atoms with Crippen LogP contribution in [0, 0.1) is 0 Å². The molecule has 0 aromatic heterocycles. The van der Waals surface area contributed by atoms with E-state index in [4.69, 9.17) is 14.2 Å². The Hall–Kier alpha value is -0.890. The summed E-state index contributed by atoms with van der Waals surface area (Å²) in [7, 11) is 3.15. The van der Waals surface area contributed by atoms with Crippen molar-refractivity contribution in [3.05, 3.63) is 0 Å². The lowest BCUT2D eigenvalue weighted by Crippen LogP contribution is -2.52. The van der Waals surface area contributed by atoms with Gasteiger partial charge in [-0.25, -0.2) is 4.79 Å². The zero-order valence-electron chi connectivity index (χ0n) is 14.3. The minimum Gasteiger partial charge on any atom is -0.444 e. The van der Waals surface area contributed by atoms with Crippen molar-refractivity contribution < 1.29 is 24.1 Å². The second-order valence-electron chi connectivity index (χ2n) is 6.72. The molecule has 0 aromatic carbocycles. The lowest BCUT2D eigenvalue weighted by molar-refractivity contribution is -0.102. The van der Waals surface area contributed by atoms with Crippen LogP contribution in [-0.2, 0) is 14.2 Å². The van der Waals surface area contributed by atoms with Crippen LogP contribution in [0.5, 0.6) is 0 Å². The number of ether oxygens (including phenoxy) is 3. The molecule has 2 N–H and O–H groups in total. The van der Waals surface area contributed by atoms with Gasteiger partial charge in [0.05, 0.1) is 5.60 Å². The standard InChI is InChI=1S/C15H30N2O5/c1-14(2,3)22-13(18)17-8-6-15(19,7-9-17)11-16-10-12(20-4)21-5/h12,16,19H,6-11H2,1-5H3. The minimum absolute atomic E-state index is 0.318. The van der Waals surface area contributed by atoms with Gasteiger partial charge < -0.3 is 29.5 Å². The molecule has 1 rings (SSSR count). The molecule has 0 aliphatic carbocycles. The molecule has 22 heavy (non-hydrogen) atoms. The second kappa shape index (κ2) is 8.10. The van der Waals surface area contributed by atoms with Crippen LogP contribution in [0.3, 0.4) is 0 Å². The summed E-state index contributed by atoms with van der Waals surface area (Å²) in [6.07, 6.45) is 0.389. The Labute approximate surface area is 132 Å². The first-order valence-corrected chi connectivity index (χ1v) is 7.66. The van der Waals surface area contributed by atoms with Gasteiger partial charge in [0.15, 0.2) is 6.29 Å². The molecule has 0 bridgehead atoms. The lowest BCUT2D eigenvalue weighted by atomic mass is 9.91. The SMILES string of the molecule is COC(CNCC1(O)CCN(C(=O)OC(C)(C)C)CC1)OC. The third kappa shape index (κ3) is 6.48. The van der Waals surface area contributed by atoms with Gasteiger partial charge in [-0.2, -0.15) is 0 Å². The molecule has 0 atom stereocenters. The highest BCUT2D eigenvalue weighted by Crippen LogP contribution is 2.23. The number of nitrogens with zero attached hydrogens (tertiary/aromatic N) is 1. The van der Waals surface area contributed by atoms with E-state index in [-0.39, 0.29) is 12.4 Å². The maximum Gasteiger partial charge on any atom is 0.410 e. The highest BCUT2D eigenvalue weighted by Gasteiger charge is 2.35. The summed E-state index contributed by atoms with van der Waals surface area (Å²) in [6, 6.07) is 0. The highest BCUT2D eigenvalue weighted by molar-refractivity contribution is 5.68. The van der Waals surface area contributed by atoms with E-state index in [1.165, 1.54) is 0 Å². The van der Waals surface area contributed by atoms with Crippen LogP contribution in [-0.4, -0.2) is 74.0 Å². The van der Waals surface area contributed by atoms with E-state index >= 15 is 0 Å². The molecule has 7 heteroatoms. The molecule has 7 nitrogen and oxygen atoms in total. The van der Waals surface area contributed by atoms with Gasteiger partial charge in [0.1, 0.15) is 5.60 Å². The molecule has 1 aliphatic heterocycles. The Kier molecular flexibility index (Phi) is 7.05. The third-order valence-corrected chi connectivity index (χ3v) is 3.64. The van der Waals surface area contributed by atoms with Crippen molar-refractivity contribution in [2.75, 3.05) is 40.4 Å². The number of piperidine rings is 1. The first kappa shape index (κ1) is 19.2. The van der Waals surface area contributed by atoms with E-state index in [9.17, 15) is 9.90 Å². The molecule has 0 saturated carbocycles. The van der Waals surface area contributed by atoms with E-state index in [1.807, 2.05) is 20.8 Å². The van der Waals surface area contributed by atoms with E-state index in [0.717, 1.165) is 0 Å². The molecular weight excluding hydrogens is 288 g/mol. The number of carbonyl (C=O) groups is 1. The second-order valence-corrected chi connectivity index (χ2v) is 6.72. The maximum atomic E-state index is 12.0. The van der Waals surface area contributed by atoms with Gasteiger partial charge in [0.25, 0.3) is 0 Å². The van der Waals surface area contributed by atoms with Crippen molar-refractivity contribution >= 4 is 6.09 Å². The largest absolute Gasteiger partial charge is 0.444 e. The number of amides is 1. The van der Waals surface area contributed by atoms with Gasteiger partial charge in [0.2, 0.25) is 0 Å². The summed E-state index contributed by atoms with van der Waals surface area (Å²) < 4.78 is 15.5. The lowest BCUT2D eigenvalue weighted by Gasteiger charge is -2.38. The average Bonchev–Trinajstić information content (AvgIpc) is 2.42. The quantitative estimate of drug-likeness (QED) is 0.710. The number of nitrogens with one attached hydrogen (secondary N) is 1.